The highest BCUT2D eigenvalue weighted by Crippen LogP contribution is 2.32. The minimum absolute atomic E-state index is 0.318. The SMILES string of the molecule is CCOC(=O)/C=C/c1cc(C#N)c(OC)c(OC)c1. The molecule has 0 bridgehead atoms. The van der Waals surface area contributed by atoms with Crippen molar-refractivity contribution in [1.82, 2.24) is 0 Å². The molecule has 0 radical (unpaired) electrons. The van der Waals surface area contributed by atoms with E-state index in [1.54, 1.807) is 25.1 Å². The van der Waals surface area contributed by atoms with E-state index in [-0.39, 0.29) is 0 Å². The molecule has 0 unspecified atom stereocenters. The average molecular weight is 261 g/mol. The summed E-state index contributed by atoms with van der Waals surface area (Å²) in [6.07, 6.45) is 2.85. The Labute approximate surface area is 112 Å². The second-order valence-electron chi connectivity index (χ2n) is 3.50. The molecule has 5 heteroatoms. The number of hydrogen-bond donors (Lipinski definition) is 0. The van der Waals surface area contributed by atoms with Gasteiger partial charge in [0.25, 0.3) is 0 Å². The number of benzene rings is 1. The predicted molar refractivity (Wildman–Crippen MR) is 69.9 cm³/mol. The summed E-state index contributed by atoms with van der Waals surface area (Å²) in [7, 11) is 2.95. The number of methoxy groups -OCH3 is 2. The first kappa shape index (κ1) is 14.6. The van der Waals surface area contributed by atoms with Gasteiger partial charge in [-0.15, -0.1) is 0 Å². The van der Waals surface area contributed by atoms with Crippen LogP contribution in [0.3, 0.4) is 0 Å². The van der Waals surface area contributed by atoms with Gasteiger partial charge in [-0.2, -0.15) is 5.26 Å². The van der Waals surface area contributed by atoms with Crippen LogP contribution in [0.25, 0.3) is 6.08 Å². The molecule has 19 heavy (non-hydrogen) atoms. The lowest BCUT2D eigenvalue weighted by Gasteiger charge is -2.09. The highest BCUT2D eigenvalue weighted by atomic mass is 16.5. The highest BCUT2D eigenvalue weighted by Gasteiger charge is 2.11. The van der Waals surface area contributed by atoms with E-state index in [1.807, 2.05) is 6.07 Å². The lowest BCUT2D eigenvalue weighted by Crippen LogP contribution is -1.99. The van der Waals surface area contributed by atoms with Crippen molar-refractivity contribution in [1.29, 1.82) is 5.26 Å². The molecule has 0 aliphatic rings. The standard InChI is InChI=1S/C14H15NO4/c1-4-19-13(16)6-5-10-7-11(9-15)14(18-3)12(8-10)17-2/h5-8H,4H2,1-3H3/b6-5+. The molecular formula is C14H15NO4. The molecule has 0 atom stereocenters. The van der Waals surface area contributed by atoms with Crippen LogP contribution in [0.15, 0.2) is 18.2 Å². The van der Waals surface area contributed by atoms with Crippen LogP contribution in [0.2, 0.25) is 0 Å². The van der Waals surface area contributed by atoms with Crippen molar-refractivity contribution in [3.63, 3.8) is 0 Å². The van der Waals surface area contributed by atoms with Crippen LogP contribution in [0, 0.1) is 11.3 Å². The summed E-state index contributed by atoms with van der Waals surface area (Å²) < 4.78 is 15.0. The number of nitriles is 1. The van der Waals surface area contributed by atoms with Gasteiger partial charge in [-0.25, -0.2) is 4.79 Å². The molecule has 0 aromatic heterocycles. The van der Waals surface area contributed by atoms with E-state index in [4.69, 9.17) is 19.5 Å². The molecule has 0 N–H and O–H groups in total. The third-order valence-electron chi connectivity index (χ3n) is 2.32. The summed E-state index contributed by atoms with van der Waals surface area (Å²) in [5, 5.41) is 9.05. The normalized spacial score (nSPS) is 10.0. The van der Waals surface area contributed by atoms with Gasteiger partial charge < -0.3 is 14.2 Å². The summed E-state index contributed by atoms with van der Waals surface area (Å²) in [5.74, 6) is 0.374. The Balaban J connectivity index is 3.10. The van der Waals surface area contributed by atoms with Crippen molar-refractivity contribution in [3.8, 4) is 17.6 Å². The molecule has 0 aliphatic heterocycles. The number of carbonyl (C=O) groups is 1. The zero-order valence-corrected chi connectivity index (χ0v) is 11.1. The number of nitrogens with zero attached hydrogens (tertiary/aromatic N) is 1. The van der Waals surface area contributed by atoms with E-state index in [9.17, 15) is 4.79 Å². The van der Waals surface area contributed by atoms with E-state index in [2.05, 4.69) is 0 Å². The molecule has 0 fully saturated rings. The molecule has 1 rings (SSSR count). The maximum absolute atomic E-state index is 11.2. The van der Waals surface area contributed by atoms with Crippen molar-refractivity contribution >= 4 is 12.0 Å². The fourth-order valence-electron chi connectivity index (χ4n) is 1.52. The maximum Gasteiger partial charge on any atom is 0.330 e. The topological polar surface area (TPSA) is 68.6 Å². The Morgan fingerprint density at radius 3 is 2.63 bits per heavy atom. The Kier molecular flexibility index (Phi) is 5.42. The first-order valence-electron chi connectivity index (χ1n) is 5.67. The number of rotatable bonds is 5. The van der Waals surface area contributed by atoms with Crippen molar-refractivity contribution in [2.24, 2.45) is 0 Å². The second kappa shape index (κ2) is 7.07. The largest absolute Gasteiger partial charge is 0.493 e. The molecule has 0 aliphatic carbocycles. The average Bonchev–Trinajstić information content (AvgIpc) is 2.44. The van der Waals surface area contributed by atoms with Gasteiger partial charge in [0.15, 0.2) is 11.5 Å². The molecule has 5 nitrogen and oxygen atoms in total. The summed E-state index contributed by atoms with van der Waals surface area (Å²) >= 11 is 0. The van der Waals surface area contributed by atoms with Crippen LogP contribution in [-0.2, 0) is 9.53 Å². The molecule has 0 spiro atoms. The van der Waals surface area contributed by atoms with E-state index in [0.717, 1.165) is 0 Å². The van der Waals surface area contributed by atoms with Gasteiger partial charge in [0, 0.05) is 6.08 Å². The molecule has 0 saturated carbocycles. The third-order valence-corrected chi connectivity index (χ3v) is 2.32. The predicted octanol–water partition coefficient (Wildman–Crippen LogP) is 2.15. The van der Waals surface area contributed by atoms with Gasteiger partial charge in [0.1, 0.15) is 6.07 Å². The van der Waals surface area contributed by atoms with Crippen LogP contribution in [0.1, 0.15) is 18.1 Å². The molecule has 1 aromatic rings. The molecule has 100 valence electrons. The lowest BCUT2D eigenvalue weighted by molar-refractivity contribution is -0.137. The quantitative estimate of drug-likeness (QED) is 0.600. The van der Waals surface area contributed by atoms with Gasteiger partial charge in [0.2, 0.25) is 0 Å². The highest BCUT2D eigenvalue weighted by molar-refractivity contribution is 5.87. The Morgan fingerprint density at radius 2 is 2.11 bits per heavy atom. The van der Waals surface area contributed by atoms with Gasteiger partial charge in [-0.1, -0.05) is 0 Å². The Bertz CT molecular complexity index is 529. The number of carbonyl (C=O) groups excluding carboxylic acids is 1. The minimum atomic E-state index is -0.434. The minimum Gasteiger partial charge on any atom is -0.493 e. The molecule has 0 saturated heterocycles. The number of hydrogen-bond acceptors (Lipinski definition) is 5. The first-order chi connectivity index (χ1) is 9.15. The monoisotopic (exact) mass is 261 g/mol. The Hall–Kier alpha value is -2.48. The Morgan fingerprint density at radius 1 is 1.37 bits per heavy atom. The van der Waals surface area contributed by atoms with Crippen LogP contribution in [0.4, 0.5) is 0 Å². The van der Waals surface area contributed by atoms with Crippen molar-refractivity contribution in [2.45, 2.75) is 6.92 Å². The van der Waals surface area contributed by atoms with Crippen molar-refractivity contribution < 1.29 is 19.0 Å². The van der Waals surface area contributed by atoms with E-state index in [0.29, 0.717) is 29.2 Å². The van der Waals surface area contributed by atoms with E-state index >= 15 is 0 Å². The summed E-state index contributed by atoms with van der Waals surface area (Å²) in [4.78, 5) is 11.2. The summed E-state index contributed by atoms with van der Waals surface area (Å²) in [6, 6.07) is 5.30. The molecule has 1 aromatic carbocycles. The summed E-state index contributed by atoms with van der Waals surface area (Å²) in [6.45, 7) is 2.05. The molecular weight excluding hydrogens is 246 g/mol. The number of ether oxygens (including phenoxy) is 3. The fourth-order valence-corrected chi connectivity index (χ4v) is 1.52. The lowest BCUT2D eigenvalue weighted by atomic mass is 10.1. The van der Waals surface area contributed by atoms with Crippen LogP contribution >= 0.6 is 0 Å². The number of esters is 1. The van der Waals surface area contributed by atoms with Crippen LogP contribution in [0.5, 0.6) is 11.5 Å². The van der Waals surface area contributed by atoms with E-state index < -0.39 is 5.97 Å². The summed E-state index contributed by atoms with van der Waals surface area (Å²) in [5.41, 5.74) is 0.993. The molecule has 0 heterocycles. The zero-order chi connectivity index (χ0) is 14.3. The van der Waals surface area contributed by atoms with Crippen LogP contribution in [-0.4, -0.2) is 26.8 Å². The van der Waals surface area contributed by atoms with Gasteiger partial charge in [0.05, 0.1) is 26.4 Å². The second-order valence-corrected chi connectivity index (χ2v) is 3.50. The fraction of sp³-hybridized carbons (Fsp3) is 0.286. The zero-order valence-electron chi connectivity index (χ0n) is 11.1. The first-order valence-corrected chi connectivity index (χ1v) is 5.67. The van der Waals surface area contributed by atoms with E-state index in [1.165, 1.54) is 20.3 Å². The van der Waals surface area contributed by atoms with Gasteiger partial charge in [-0.05, 0) is 30.7 Å². The van der Waals surface area contributed by atoms with Crippen molar-refractivity contribution in [2.75, 3.05) is 20.8 Å². The smallest absolute Gasteiger partial charge is 0.330 e. The maximum atomic E-state index is 11.2. The van der Waals surface area contributed by atoms with Gasteiger partial charge >= 0.3 is 5.97 Å². The van der Waals surface area contributed by atoms with Crippen LogP contribution < -0.4 is 9.47 Å². The molecule has 0 amide bonds. The third kappa shape index (κ3) is 3.75. The van der Waals surface area contributed by atoms with Gasteiger partial charge in [-0.3, -0.25) is 0 Å². The van der Waals surface area contributed by atoms with Crippen molar-refractivity contribution in [3.05, 3.63) is 29.3 Å².